The lowest BCUT2D eigenvalue weighted by Gasteiger charge is -2.15. The van der Waals surface area contributed by atoms with Gasteiger partial charge in [0.15, 0.2) is 0 Å². The summed E-state index contributed by atoms with van der Waals surface area (Å²) in [6, 6.07) is 13.1. The molecule has 2 aromatic carbocycles. The Kier molecular flexibility index (Phi) is 6.35. The van der Waals surface area contributed by atoms with Crippen molar-refractivity contribution < 1.29 is 19.4 Å². The molecule has 0 aliphatic carbocycles. The third-order valence-corrected chi connectivity index (χ3v) is 4.94. The van der Waals surface area contributed by atoms with Crippen LogP contribution < -0.4 is 10.1 Å². The fourth-order valence-corrected chi connectivity index (χ4v) is 3.39. The highest BCUT2D eigenvalue weighted by Gasteiger charge is 2.19. The Bertz CT molecular complexity index is 819. The first-order chi connectivity index (χ1) is 13.0. The number of amides is 1. The first-order valence-corrected chi connectivity index (χ1v) is 9.37. The van der Waals surface area contributed by atoms with Gasteiger partial charge in [0.05, 0.1) is 13.0 Å². The number of hydrogen-bond acceptors (Lipinski definition) is 3. The Balaban J connectivity index is 1.53. The Morgan fingerprint density at radius 1 is 1.15 bits per heavy atom. The van der Waals surface area contributed by atoms with Crippen LogP contribution in [0.25, 0.3) is 0 Å². The fraction of sp³-hybridized carbons (Fsp3) is 0.333. The molecule has 142 valence electrons. The van der Waals surface area contributed by atoms with Gasteiger partial charge in [-0.1, -0.05) is 35.9 Å². The van der Waals surface area contributed by atoms with E-state index < -0.39 is 5.97 Å². The van der Waals surface area contributed by atoms with Crippen molar-refractivity contribution in [1.29, 1.82) is 0 Å². The van der Waals surface area contributed by atoms with Crippen molar-refractivity contribution in [3.8, 4) is 5.75 Å². The van der Waals surface area contributed by atoms with E-state index in [1.54, 1.807) is 24.3 Å². The number of ether oxygens (including phenoxy) is 1. The van der Waals surface area contributed by atoms with Crippen LogP contribution in [0.15, 0.2) is 42.5 Å². The molecule has 1 unspecified atom stereocenters. The minimum absolute atomic E-state index is 0.1000. The molecule has 0 radical (unpaired) electrons. The number of rotatable bonds is 8. The lowest BCUT2D eigenvalue weighted by atomic mass is 9.92. The van der Waals surface area contributed by atoms with E-state index in [-0.39, 0.29) is 24.7 Å². The standard InChI is InChI=1S/C21H22ClNO4/c22-18-5-3-15(4-6-18)17(13-21(25)26)12-20(24)23-9-7-14-1-2-16-8-10-27-19(16)11-14/h1-6,11,17H,7-10,12-13H2,(H,23,24)(H,25,26). The maximum Gasteiger partial charge on any atom is 0.303 e. The molecule has 0 bridgehead atoms. The molecule has 2 aromatic rings. The summed E-state index contributed by atoms with van der Waals surface area (Å²) < 4.78 is 5.56. The number of halogens is 1. The number of nitrogens with one attached hydrogen (secondary N) is 1. The molecule has 1 amide bonds. The summed E-state index contributed by atoms with van der Waals surface area (Å²) in [5, 5.41) is 12.6. The second-order valence-electron chi connectivity index (χ2n) is 6.69. The number of hydrogen-bond donors (Lipinski definition) is 2. The van der Waals surface area contributed by atoms with E-state index in [0.717, 1.165) is 29.9 Å². The van der Waals surface area contributed by atoms with Crippen molar-refractivity contribution in [2.24, 2.45) is 0 Å². The zero-order chi connectivity index (χ0) is 19.2. The van der Waals surface area contributed by atoms with Crippen LogP contribution in [-0.2, 0) is 22.4 Å². The minimum Gasteiger partial charge on any atom is -0.493 e. The maximum absolute atomic E-state index is 12.3. The van der Waals surface area contributed by atoms with Gasteiger partial charge in [0, 0.05) is 30.3 Å². The normalized spacial score (nSPS) is 13.5. The van der Waals surface area contributed by atoms with Crippen molar-refractivity contribution in [1.82, 2.24) is 5.32 Å². The van der Waals surface area contributed by atoms with E-state index in [9.17, 15) is 9.59 Å². The third kappa shape index (κ3) is 5.47. The van der Waals surface area contributed by atoms with Crippen LogP contribution in [0.4, 0.5) is 0 Å². The van der Waals surface area contributed by atoms with Crippen LogP contribution in [0, 0.1) is 0 Å². The third-order valence-electron chi connectivity index (χ3n) is 4.69. The number of carboxylic acids is 1. The quantitative estimate of drug-likeness (QED) is 0.725. The summed E-state index contributed by atoms with van der Waals surface area (Å²) in [7, 11) is 0. The van der Waals surface area contributed by atoms with E-state index in [0.29, 0.717) is 18.0 Å². The van der Waals surface area contributed by atoms with Gasteiger partial charge in [-0.2, -0.15) is 0 Å². The molecule has 0 saturated heterocycles. The van der Waals surface area contributed by atoms with Gasteiger partial charge >= 0.3 is 5.97 Å². The highest BCUT2D eigenvalue weighted by molar-refractivity contribution is 6.30. The topological polar surface area (TPSA) is 75.6 Å². The van der Waals surface area contributed by atoms with E-state index in [1.807, 2.05) is 6.07 Å². The van der Waals surface area contributed by atoms with Crippen molar-refractivity contribution in [3.05, 3.63) is 64.2 Å². The lowest BCUT2D eigenvalue weighted by molar-refractivity contribution is -0.137. The van der Waals surface area contributed by atoms with Gasteiger partial charge in [0.2, 0.25) is 5.91 Å². The fourth-order valence-electron chi connectivity index (χ4n) is 3.26. The second-order valence-corrected chi connectivity index (χ2v) is 7.13. The molecular formula is C21H22ClNO4. The summed E-state index contributed by atoms with van der Waals surface area (Å²) in [6.07, 6.45) is 1.67. The van der Waals surface area contributed by atoms with Crippen LogP contribution in [0.3, 0.4) is 0 Å². The summed E-state index contributed by atoms with van der Waals surface area (Å²) in [6.45, 7) is 1.23. The second kappa shape index (κ2) is 8.91. The lowest BCUT2D eigenvalue weighted by Crippen LogP contribution is -2.27. The number of carboxylic acid groups (broad SMARTS) is 1. The van der Waals surface area contributed by atoms with Crippen molar-refractivity contribution in [3.63, 3.8) is 0 Å². The number of aliphatic carboxylic acids is 1. The maximum atomic E-state index is 12.3. The van der Waals surface area contributed by atoms with E-state index in [4.69, 9.17) is 21.4 Å². The van der Waals surface area contributed by atoms with Crippen LogP contribution in [0.2, 0.25) is 5.02 Å². The number of benzene rings is 2. The SMILES string of the molecule is O=C(O)CC(CC(=O)NCCc1ccc2c(c1)OCC2)c1ccc(Cl)cc1. The number of fused-ring (bicyclic) bond motifs is 1. The molecule has 5 nitrogen and oxygen atoms in total. The summed E-state index contributed by atoms with van der Waals surface area (Å²) in [5.74, 6) is -0.536. The van der Waals surface area contributed by atoms with Crippen molar-refractivity contribution in [2.75, 3.05) is 13.2 Å². The Hall–Kier alpha value is -2.53. The molecule has 27 heavy (non-hydrogen) atoms. The molecule has 1 aliphatic heterocycles. The largest absolute Gasteiger partial charge is 0.493 e. The smallest absolute Gasteiger partial charge is 0.303 e. The Labute approximate surface area is 163 Å². The average molecular weight is 388 g/mol. The molecule has 1 atom stereocenters. The van der Waals surface area contributed by atoms with Crippen LogP contribution in [0.5, 0.6) is 5.75 Å². The molecule has 2 N–H and O–H groups in total. The van der Waals surface area contributed by atoms with Gasteiger partial charge in [-0.05, 0) is 41.3 Å². The predicted molar refractivity (Wildman–Crippen MR) is 103 cm³/mol. The predicted octanol–water partition coefficient (Wildman–Crippen LogP) is 3.58. The van der Waals surface area contributed by atoms with E-state index in [2.05, 4.69) is 17.4 Å². The zero-order valence-corrected chi connectivity index (χ0v) is 15.7. The highest BCUT2D eigenvalue weighted by Crippen LogP contribution is 2.27. The molecule has 1 aliphatic rings. The van der Waals surface area contributed by atoms with Crippen LogP contribution in [0.1, 0.15) is 35.4 Å². The van der Waals surface area contributed by atoms with Gasteiger partial charge < -0.3 is 15.2 Å². The summed E-state index contributed by atoms with van der Waals surface area (Å²) in [5.41, 5.74) is 3.13. The first-order valence-electron chi connectivity index (χ1n) is 9.00. The van der Waals surface area contributed by atoms with Crippen molar-refractivity contribution in [2.45, 2.75) is 31.6 Å². The first kappa shape index (κ1) is 19.2. The Morgan fingerprint density at radius 3 is 2.67 bits per heavy atom. The molecule has 0 fully saturated rings. The van der Waals surface area contributed by atoms with Crippen LogP contribution in [-0.4, -0.2) is 30.1 Å². The molecule has 6 heteroatoms. The van der Waals surface area contributed by atoms with Gasteiger partial charge in [0.1, 0.15) is 5.75 Å². The summed E-state index contributed by atoms with van der Waals surface area (Å²) >= 11 is 5.89. The van der Waals surface area contributed by atoms with Crippen LogP contribution >= 0.6 is 11.6 Å². The number of carbonyl (C=O) groups is 2. The van der Waals surface area contributed by atoms with Gasteiger partial charge in [-0.25, -0.2) is 0 Å². The Morgan fingerprint density at radius 2 is 1.93 bits per heavy atom. The molecule has 0 saturated carbocycles. The summed E-state index contributed by atoms with van der Waals surface area (Å²) in [4.78, 5) is 23.5. The van der Waals surface area contributed by atoms with E-state index >= 15 is 0 Å². The van der Waals surface area contributed by atoms with Gasteiger partial charge in [-0.15, -0.1) is 0 Å². The molecular weight excluding hydrogens is 366 g/mol. The van der Waals surface area contributed by atoms with Gasteiger partial charge in [-0.3, -0.25) is 9.59 Å². The molecule has 1 heterocycles. The monoisotopic (exact) mass is 387 g/mol. The molecule has 0 spiro atoms. The highest BCUT2D eigenvalue weighted by atomic mass is 35.5. The number of carbonyl (C=O) groups excluding carboxylic acids is 1. The molecule has 3 rings (SSSR count). The van der Waals surface area contributed by atoms with Crippen molar-refractivity contribution >= 4 is 23.5 Å². The zero-order valence-electron chi connectivity index (χ0n) is 14.9. The molecule has 0 aromatic heterocycles. The van der Waals surface area contributed by atoms with E-state index in [1.165, 1.54) is 5.56 Å². The van der Waals surface area contributed by atoms with Gasteiger partial charge in [0.25, 0.3) is 0 Å². The average Bonchev–Trinajstić information content (AvgIpc) is 3.09. The minimum atomic E-state index is -0.930.